The molecule has 0 heterocycles. The standard InChI is InChI=1S/C15H12O5/c16-13(20-19)9-11-7-4-8-12(15(11)18)14(17)10-5-2-1-3-6-10/h1-8,18-19H,9H2. The summed E-state index contributed by atoms with van der Waals surface area (Å²) >= 11 is 0. The quantitative estimate of drug-likeness (QED) is 0.506. The molecule has 0 spiro atoms. The summed E-state index contributed by atoms with van der Waals surface area (Å²) in [5.41, 5.74) is 0.745. The van der Waals surface area contributed by atoms with Crippen molar-refractivity contribution in [3.8, 4) is 5.75 Å². The summed E-state index contributed by atoms with van der Waals surface area (Å²) in [4.78, 5) is 26.8. The van der Waals surface area contributed by atoms with Gasteiger partial charge in [0, 0.05) is 11.1 Å². The lowest BCUT2D eigenvalue weighted by molar-refractivity contribution is -0.233. The van der Waals surface area contributed by atoms with Crippen LogP contribution in [0.25, 0.3) is 0 Å². The number of ketones is 1. The Morgan fingerprint density at radius 1 is 1.00 bits per heavy atom. The molecule has 5 nitrogen and oxygen atoms in total. The molecule has 2 aromatic rings. The zero-order valence-corrected chi connectivity index (χ0v) is 10.4. The zero-order chi connectivity index (χ0) is 14.5. The number of aromatic hydroxyl groups is 1. The molecule has 0 aliphatic rings. The van der Waals surface area contributed by atoms with Gasteiger partial charge in [0.15, 0.2) is 5.78 Å². The Bertz CT molecular complexity index is 634. The van der Waals surface area contributed by atoms with E-state index in [-0.39, 0.29) is 29.1 Å². The molecule has 0 aliphatic carbocycles. The fourth-order valence-electron chi connectivity index (χ4n) is 1.85. The second kappa shape index (κ2) is 5.99. The molecule has 0 radical (unpaired) electrons. The van der Waals surface area contributed by atoms with E-state index in [1.54, 1.807) is 36.4 Å². The number of phenols is 1. The number of carbonyl (C=O) groups excluding carboxylic acids is 2. The van der Waals surface area contributed by atoms with E-state index in [1.165, 1.54) is 12.1 Å². The van der Waals surface area contributed by atoms with Crippen molar-refractivity contribution in [1.29, 1.82) is 0 Å². The van der Waals surface area contributed by atoms with E-state index in [2.05, 4.69) is 4.89 Å². The molecule has 0 saturated carbocycles. The lowest BCUT2D eigenvalue weighted by Crippen LogP contribution is -2.07. The number of phenolic OH excluding ortho intramolecular Hbond substituents is 1. The smallest absolute Gasteiger partial charge is 0.346 e. The Balaban J connectivity index is 2.36. The van der Waals surface area contributed by atoms with Crippen molar-refractivity contribution in [1.82, 2.24) is 0 Å². The number of rotatable bonds is 4. The van der Waals surface area contributed by atoms with E-state index in [0.717, 1.165) is 0 Å². The van der Waals surface area contributed by atoms with Gasteiger partial charge >= 0.3 is 5.97 Å². The molecule has 5 heteroatoms. The Hall–Kier alpha value is -2.66. The molecule has 2 aromatic carbocycles. The topological polar surface area (TPSA) is 83.8 Å². The van der Waals surface area contributed by atoms with Gasteiger partial charge in [-0.25, -0.2) is 4.79 Å². The van der Waals surface area contributed by atoms with Crippen molar-refractivity contribution < 1.29 is 24.8 Å². The molecule has 2 rings (SSSR count). The number of para-hydroxylation sites is 1. The van der Waals surface area contributed by atoms with Gasteiger partial charge in [0.05, 0.1) is 12.0 Å². The maximum Gasteiger partial charge on any atom is 0.346 e. The van der Waals surface area contributed by atoms with E-state index in [1.807, 2.05) is 0 Å². The van der Waals surface area contributed by atoms with E-state index in [4.69, 9.17) is 5.26 Å². The van der Waals surface area contributed by atoms with E-state index in [9.17, 15) is 14.7 Å². The first-order valence-corrected chi connectivity index (χ1v) is 5.88. The normalized spacial score (nSPS) is 10.1. The second-order valence-electron chi connectivity index (χ2n) is 4.15. The van der Waals surface area contributed by atoms with Crippen molar-refractivity contribution in [2.45, 2.75) is 6.42 Å². The fraction of sp³-hybridized carbons (Fsp3) is 0.0667. The van der Waals surface area contributed by atoms with Crippen LogP contribution in [-0.4, -0.2) is 22.1 Å². The highest BCUT2D eigenvalue weighted by atomic mass is 17.1. The van der Waals surface area contributed by atoms with Crippen molar-refractivity contribution in [2.24, 2.45) is 0 Å². The summed E-state index contributed by atoms with van der Waals surface area (Å²) in [6, 6.07) is 13.0. The largest absolute Gasteiger partial charge is 0.507 e. The van der Waals surface area contributed by atoms with Crippen LogP contribution in [0, 0.1) is 0 Å². The van der Waals surface area contributed by atoms with Gasteiger partial charge in [-0.05, 0) is 6.07 Å². The lowest BCUT2D eigenvalue weighted by atomic mass is 9.99. The Kier molecular flexibility index (Phi) is 4.12. The SMILES string of the molecule is O=C(Cc1cccc(C(=O)c2ccccc2)c1O)OO. The Morgan fingerprint density at radius 2 is 1.70 bits per heavy atom. The molecule has 0 bridgehead atoms. The van der Waals surface area contributed by atoms with Gasteiger partial charge in [-0.1, -0.05) is 42.5 Å². The van der Waals surface area contributed by atoms with Gasteiger partial charge in [0.2, 0.25) is 0 Å². The van der Waals surface area contributed by atoms with Gasteiger partial charge in [0.25, 0.3) is 0 Å². The van der Waals surface area contributed by atoms with Crippen molar-refractivity contribution in [3.05, 3.63) is 65.2 Å². The van der Waals surface area contributed by atoms with Crippen LogP contribution >= 0.6 is 0 Å². The van der Waals surface area contributed by atoms with Crippen LogP contribution in [0.3, 0.4) is 0 Å². The molecule has 2 N–H and O–H groups in total. The first-order chi connectivity index (χ1) is 9.63. The monoisotopic (exact) mass is 272 g/mol. The molecular formula is C15H12O5. The third kappa shape index (κ3) is 2.84. The number of hydrogen-bond donors (Lipinski definition) is 2. The highest BCUT2D eigenvalue weighted by molar-refractivity contribution is 6.10. The molecule has 0 amide bonds. The van der Waals surface area contributed by atoms with Gasteiger partial charge < -0.3 is 9.99 Å². The maximum atomic E-state index is 12.2. The van der Waals surface area contributed by atoms with Gasteiger partial charge in [-0.2, -0.15) is 5.26 Å². The van der Waals surface area contributed by atoms with E-state index >= 15 is 0 Å². The fourth-order valence-corrected chi connectivity index (χ4v) is 1.85. The summed E-state index contributed by atoms with van der Waals surface area (Å²) in [5.74, 6) is -1.54. The third-order valence-electron chi connectivity index (χ3n) is 2.84. The highest BCUT2D eigenvalue weighted by Crippen LogP contribution is 2.25. The van der Waals surface area contributed by atoms with Crippen molar-refractivity contribution in [2.75, 3.05) is 0 Å². The Morgan fingerprint density at radius 3 is 2.35 bits per heavy atom. The predicted octanol–water partition coefficient (Wildman–Crippen LogP) is 2.18. The molecular weight excluding hydrogens is 260 g/mol. The van der Waals surface area contributed by atoms with Crippen LogP contribution in [0.1, 0.15) is 21.5 Å². The summed E-state index contributed by atoms with van der Waals surface area (Å²) in [5, 5.41) is 18.3. The van der Waals surface area contributed by atoms with Crippen LogP contribution < -0.4 is 0 Å². The number of benzene rings is 2. The average molecular weight is 272 g/mol. The molecule has 0 unspecified atom stereocenters. The summed E-state index contributed by atoms with van der Waals surface area (Å²) in [6.07, 6.45) is -0.321. The van der Waals surface area contributed by atoms with Gasteiger partial charge in [0.1, 0.15) is 5.75 Å². The first-order valence-electron chi connectivity index (χ1n) is 5.88. The summed E-state index contributed by atoms with van der Waals surface area (Å²) < 4.78 is 0. The predicted molar refractivity (Wildman–Crippen MR) is 70.4 cm³/mol. The summed E-state index contributed by atoms with van der Waals surface area (Å²) in [6.45, 7) is 0. The molecule has 20 heavy (non-hydrogen) atoms. The van der Waals surface area contributed by atoms with Crippen LogP contribution in [0.15, 0.2) is 48.5 Å². The van der Waals surface area contributed by atoms with Crippen LogP contribution in [0.4, 0.5) is 0 Å². The van der Waals surface area contributed by atoms with Gasteiger partial charge in [-0.3, -0.25) is 4.79 Å². The minimum atomic E-state index is -0.912. The van der Waals surface area contributed by atoms with Crippen LogP contribution in [0.2, 0.25) is 0 Å². The molecule has 0 atom stereocenters. The van der Waals surface area contributed by atoms with Crippen molar-refractivity contribution >= 4 is 11.8 Å². The third-order valence-corrected chi connectivity index (χ3v) is 2.84. The minimum absolute atomic E-state index is 0.0967. The second-order valence-corrected chi connectivity index (χ2v) is 4.15. The average Bonchev–Trinajstić information content (AvgIpc) is 2.49. The molecule has 102 valence electrons. The van der Waals surface area contributed by atoms with E-state index < -0.39 is 5.97 Å². The summed E-state index contributed by atoms with van der Waals surface area (Å²) in [7, 11) is 0. The first kappa shape index (κ1) is 13.8. The van der Waals surface area contributed by atoms with Crippen LogP contribution in [-0.2, 0) is 16.1 Å². The molecule has 0 aromatic heterocycles. The Labute approximate surface area is 115 Å². The van der Waals surface area contributed by atoms with Crippen LogP contribution in [0.5, 0.6) is 5.75 Å². The highest BCUT2D eigenvalue weighted by Gasteiger charge is 2.17. The number of hydrogen-bond acceptors (Lipinski definition) is 5. The maximum absolute atomic E-state index is 12.2. The molecule has 0 saturated heterocycles. The number of carbonyl (C=O) groups is 2. The molecule has 0 fully saturated rings. The van der Waals surface area contributed by atoms with E-state index in [0.29, 0.717) is 5.56 Å². The van der Waals surface area contributed by atoms with Crippen molar-refractivity contribution in [3.63, 3.8) is 0 Å². The lowest BCUT2D eigenvalue weighted by Gasteiger charge is -2.08. The zero-order valence-electron chi connectivity index (χ0n) is 10.4. The molecule has 0 aliphatic heterocycles. The van der Waals surface area contributed by atoms with Gasteiger partial charge in [-0.15, -0.1) is 0 Å². The minimum Gasteiger partial charge on any atom is -0.507 e.